The summed E-state index contributed by atoms with van der Waals surface area (Å²) in [5.74, 6) is 0. The van der Waals surface area contributed by atoms with Gasteiger partial charge in [-0.2, -0.15) is 0 Å². The lowest BCUT2D eigenvalue weighted by Crippen LogP contribution is -2.48. The number of hydrogen-bond acceptors (Lipinski definition) is 4. The van der Waals surface area contributed by atoms with Gasteiger partial charge in [-0.1, -0.05) is 6.08 Å². The van der Waals surface area contributed by atoms with Gasteiger partial charge in [-0.25, -0.2) is 0 Å². The second-order valence-corrected chi connectivity index (χ2v) is 3.21. The summed E-state index contributed by atoms with van der Waals surface area (Å²) in [6.45, 7) is 3.08. The molecule has 0 aromatic carbocycles. The van der Waals surface area contributed by atoms with Gasteiger partial charge >= 0.3 is 0 Å². The fraction of sp³-hybridized carbons (Fsp3) is 0.750. The van der Waals surface area contributed by atoms with Crippen molar-refractivity contribution < 1.29 is 20.1 Å². The fourth-order valence-electron chi connectivity index (χ4n) is 1.48. The van der Waals surface area contributed by atoms with Crippen molar-refractivity contribution in [3.8, 4) is 0 Å². The van der Waals surface area contributed by atoms with E-state index in [1.807, 2.05) is 0 Å². The van der Waals surface area contributed by atoms with Gasteiger partial charge in [0.05, 0.1) is 6.61 Å². The number of aliphatic hydroxyl groups is 3. The standard InChI is InChI=1S/C8H13BO4/c1-2-3-8(12)6(11)5(4-10)13-7(8)9/h2,5-7,10-12H,1,3-4H2/t5?,6-,7?,8-/m1/s1. The average Bonchev–Trinajstić information content (AvgIpc) is 2.31. The second kappa shape index (κ2) is 3.80. The highest BCUT2D eigenvalue weighted by Gasteiger charge is 2.51. The fourth-order valence-corrected chi connectivity index (χ4v) is 1.48. The summed E-state index contributed by atoms with van der Waals surface area (Å²) in [4.78, 5) is 0. The molecule has 1 saturated heterocycles. The van der Waals surface area contributed by atoms with E-state index in [1.165, 1.54) is 6.08 Å². The second-order valence-electron chi connectivity index (χ2n) is 3.21. The molecule has 0 spiro atoms. The SMILES string of the molecule is [B]C1OC(CO)[C@@H](O)[C@]1(O)CC=C. The van der Waals surface area contributed by atoms with E-state index in [0.717, 1.165) is 0 Å². The largest absolute Gasteiger partial charge is 0.394 e. The Bertz CT molecular complexity index is 199. The van der Waals surface area contributed by atoms with Gasteiger partial charge in [0.15, 0.2) is 0 Å². The highest BCUT2D eigenvalue weighted by atomic mass is 16.6. The Balaban J connectivity index is 2.78. The predicted molar refractivity (Wildman–Crippen MR) is 47.3 cm³/mol. The van der Waals surface area contributed by atoms with Gasteiger partial charge in [0.2, 0.25) is 0 Å². The molecule has 0 saturated carbocycles. The maximum absolute atomic E-state index is 9.85. The van der Waals surface area contributed by atoms with Crippen LogP contribution in [0.3, 0.4) is 0 Å². The summed E-state index contributed by atoms with van der Waals surface area (Å²) in [6.07, 6.45) is -0.414. The van der Waals surface area contributed by atoms with Crippen LogP contribution in [0.2, 0.25) is 0 Å². The molecular formula is C8H13BO4. The molecule has 3 N–H and O–H groups in total. The molecule has 4 nitrogen and oxygen atoms in total. The molecule has 1 heterocycles. The van der Waals surface area contributed by atoms with Crippen LogP contribution in [-0.2, 0) is 4.74 Å². The maximum atomic E-state index is 9.85. The molecule has 1 aliphatic heterocycles. The van der Waals surface area contributed by atoms with Crippen LogP contribution in [0.4, 0.5) is 0 Å². The molecule has 0 aromatic rings. The third-order valence-corrected chi connectivity index (χ3v) is 2.33. The first kappa shape index (κ1) is 10.7. The summed E-state index contributed by atoms with van der Waals surface area (Å²) in [6, 6.07) is -0.988. The van der Waals surface area contributed by atoms with Crippen LogP contribution in [0.1, 0.15) is 6.42 Å². The van der Waals surface area contributed by atoms with Crippen LogP contribution in [0, 0.1) is 0 Å². The number of rotatable bonds is 3. The van der Waals surface area contributed by atoms with Crippen LogP contribution in [0.15, 0.2) is 12.7 Å². The van der Waals surface area contributed by atoms with Crippen molar-refractivity contribution in [1.82, 2.24) is 0 Å². The van der Waals surface area contributed by atoms with E-state index in [0.29, 0.717) is 0 Å². The van der Waals surface area contributed by atoms with Crippen molar-refractivity contribution in [2.45, 2.75) is 30.2 Å². The van der Waals surface area contributed by atoms with E-state index in [2.05, 4.69) is 6.58 Å². The first-order valence-corrected chi connectivity index (χ1v) is 4.09. The van der Waals surface area contributed by atoms with Gasteiger partial charge in [0, 0.05) is 6.00 Å². The first-order valence-electron chi connectivity index (χ1n) is 4.09. The van der Waals surface area contributed by atoms with Crippen molar-refractivity contribution in [3.05, 3.63) is 12.7 Å². The summed E-state index contributed by atoms with van der Waals surface area (Å²) in [7, 11) is 5.46. The van der Waals surface area contributed by atoms with Crippen LogP contribution in [0.25, 0.3) is 0 Å². The zero-order chi connectivity index (χ0) is 10.1. The van der Waals surface area contributed by atoms with Gasteiger partial charge in [-0.15, -0.1) is 6.58 Å². The van der Waals surface area contributed by atoms with Gasteiger partial charge < -0.3 is 20.1 Å². The normalized spacial score (nSPS) is 45.0. The Labute approximate surface area is 78.2 Å². The van der Waals surface area contributed by atoms with E-state index in [1.54, 1.807) is 0 Å². The molecule has 0 aromatic heterocycles. The van der Waals surface area contributed by atoms with Crippen LogP contribution in [0.5, 0.6) is 0 Å². The minimum atomic E-state index is -1.53. The molecular weight excluding hydrogens is 171 g/mol. The molecule has 72 valence electrons. The molecule has 1 aliphatic rings. The topological polar surface area (TPSA) is 69.9 Å². The maximum Gasteiger partial charge on any atom is 0.114 e. The van der Waals surface area contributed by atoms with E-state index < -0.39 is 23.8 Å². The lowest BCUT2D eigenvalue weighted by atomic mass is 9.78. The summed E-state index contributed by atoms with van der Waals surface area (Å²) in [5, 5.41) is 28.2. The first-order chi connectivity index (χ1) is 6.06. The van der Waals surface area contributed by atoms with Crippen molar-refractivity contribution in [1.29, 1.82) is 0 Å². The molecule has 0 bridgehead atoms. The van der Waals surface area contributed by atoms with E-state index >= 15 is 0 Å². The van der Waals surface area contributed by atoms with Crippen molar-refractivity contribution in [2.75, 3.05) is 6.61 Å². The Morgan fingerprint density at radius 3 is 2.62 bits per heavy atom. The average molecular weight is 184 g/mol. The van der Waals surface area contributed by atoms with Crippen LogP contribution in [-0.4, -0.2) is 53.6 Å². The molecule has 5 heteroatoms. The summed E-state index contributed by atoms with van der Waals surface area (Å²) in [5.41, 5.74) is -1.53. The lowest BCUT2D eigenvalue weighted by Gasteiger charge is -2.28. The molecule has 0 amide bonds. The minimum Gasteiger partial charge on any atom is -0.394 e. The zero-order valence-corrected chi connectivity index (χ0v) is 7.26. The molecule has 4 atom stereocenters. The third-order valence-electron chi connectivity index (χ3n) is 2.33. The Morgan fingerprint density at radius 2 is 2.23 bits per heavy atom. The number of hydrogen-bond donors (Lipinski definition) is 3. The van der Waals surface area contributed by atoms with Crippen LogP contribution < -0.4 is 0 Å². The molecule has 2 radical (unpaired) electrons. The summed E-state index contributed by atoms with van der Waals surface area (Å²) >= 11 is 0. The molecule has 0 aliphatic carbocycles. The molecule has 13 heavy (non-hydrogen) atoms. The van der Waals surface area contributed by atoms with Crippen molar-refractivity contribution in [3.63, 3.8) is 0 Å². The number of ether oxygens (including phenoxy) is 1. The lowest BCUT2D eigenvalue weighted by molar-refractivity contribution is -0.0576. The smallest absolute Gasteiger partial charge is 0.114 e. The van der Waals surface area contributed by atoms with Gasteiger partial charge in [-0.05, 0) is 6.42 Å². The monoisotopic (exact) mass is 184 g/mol. The number of aliphatic hydroxyl groups excluding tert-OH is 2. The van der Waals surface area contributed by atoms with E-state index in [4.69, 9.17) is 17.7 Å². The van der Waals surface area contributed by atoms with E-state index in [9.17, 15) is 10.2 Å². The van der Waals surface area contributed by atoms with Crippen molar-refractivity contribution in [2.24, 2.45) is 0 Å². The highest BCUT2D eigenvalue weighted by Crippen LogP contribution is 2.32. The minimum absolute atomic E-state index is 0.131. The third kappa shape index (κ3) is 1.65. The highest BCUT2D eigenvalue weighted by molar-refractivity contribution is 6.12. The van der Waals surface area contributed by atoms with E-state index in [-0.39, 0.29) is 13.0 Å². The van der Waals surface area contributed by atoms with Gasteiger partial charge in [-0.3, -0.25) is 0 Å². The zero-order valence-electron chi connectivity index (χ0n) is 7.26. The Kier molecular flexibility index (Phi) is 3.13. The quantitative estimate of drug-likeness (QED) is 0.370. The predicted octanol–water partition coefficient (Wildman–Crippen LogP) is -1.46. The Morgan fingerprint density at radius 1 is 1.62 bits per heavy atom. The van der Waals surface area contributed by atoms with Gasteiger partial charge in [0.1, 0.15) is 25.7 Å². The van der Waals surface area contributed by atoms with Gasteiger partial charge in [0.25, 0.3) is 0 Å². The molecule has 2 unspecified atom stereocenters. The Hall–Kier alpha value is -0.355. The van der Waals surface area contributed by atoms with Crippen molar-refractivity contribution >= 4 is 7.85 Å². The summed E-state index contributed by atoms with van der Waals surface area (Å²) < 4.78 is 4.97. The molecule has 1 rings (SSSR count). The molecule has 1 fully saturated rings. The van der Waals surface area contributed by atoms with Crippen LogP contribution >= 0.6 is 0 Å².